The van der Waals surface area contributed by atoms with Crippen LogP contribution in [0.3, 0.4) is 0 Å². The molecule has 0 aliphatic carbocycles. The SMILES string of the molecule is COc1ccc(Cn2c(=O)n3ncnc3c3c(C(F)(F)F)csc32)cc1. The standard InChI is InChI=1S/C16H11F3N4O2S/c1-25-10-4-2-9(3-5-10)6-22-14-12(11(7-26-14)16(17,18)19)13-20-8-21-23(13)15(22)24/h2-5,7-8H,6H2,1H3. The highest BCUT2D eigenvalue weighted by Gasteiger charge is 2.36. The van der Waals surface area contributed by atoms with E-state index in [1.54, 1.807) is 24.3 Å². The number of fused-ring (bicyclic) bond motifs is 3. The molecule has 0 aliphatic rings. The van der Waals surface area contributed by atoms with Gasteiger partial charge in [0.2, 0.25) is 0 Å². The van der Waals surface area contributed by atoms with E-state index in [-0.39, 0.29) is 22.4 Å². The second kappa shape index (κ2) is 5.84. The van der Waals surface area contributed by atoms with Gasteiger partial charge in [-0.3, -0.25) is 4.57 Å². The molecule has 0 aliphatic heterocycles. The molecule has 0 amide bonds. The predicted octanol–water partition coefficient (Wildman–Crippen LogP) is 3.18. The van der Waals surface area contributed by atoms with E-state index < -0.39 is 17.4 Å². The first kappa shape index (κ1) is 16.6. The van der Waals surface area contributed by atoms with Crippen molar-refractivity contribution in [2.24, 2.45) is 0 Å². The molecule has 1 aromatic carbocycles. The molecular weight excluding hydrogens is 369 g/mol. The minimum Gasteiger partial charge on any atom is -0.497 e. The van der Waals surface area contributed by atoms with Gasteiger partial charge in [-0.15, -0.1) is 11.3 Å². The molecule has 0 bridgehead atoms. The molecule has 134 valence electrons. The molecule has 0 fully saturated rings. The van der Waals surface area contributed by atoms with Crippen molar-refractivity contribution in [3.05, 3.63) is 57.6 Å². The summed E-state index contributed by atoms with van der Waals surface area (Å²) in [5.41, 5.74) is -0.712. The summed E-state index contributed by atoms with van der Waals surface area (Å²) in [6.07, 6.45) is -3.47. The van der Waals surface area contributed by atoms with Crippen molar-refractivity contribution < 1.29 is 17.9 Å². The summed E-state index contributed by atoms with van der Waals surface area (Å²) in [4.78, 5) is 16.8. The van der Waals surface area contributed by atoms with Gasteiger partial charge in [-0.1, -0.05) is 12.1 Å². The Labute approximate surface area is 148 Å². The van der Waals surface area contributed by atoms with Crippen molar-refractivity contribution in [2.45, 2.75) is 12.7 Å². The van der Waals surface area contributed by atoms with E-state index >= 15 is 0 Å². The minimum absolute atomic E-state index is 0.0930. The van der Waals surface area contributed by atoms with Crippen LogP contribution in [-0.4, -0.2) is 26.3 Å². The van der Waals surface area contributed by atoms with E-state index in [4.69, 9.17) is 4.74 Å². The lowest BCUT2D eigenvalue weighted by molar-refractivity contribution is -0.136. The highest BCUT2D eigenvalue weighted by atomic mass is 32.1. The van der Waals surface area contributed by atoms with Gasteiger partial charge in [0.15, 0.2) is 5.65 Å². The zero-order chi connectivity index (χ0) is 18.5. The van der Waals surface area contributed by atoms with Crippen LogP contribution in [0.5, 0.6) is 5.75 Å². The van der Waals surface area contributed by atoms with E-state index in [0.29, 0.717) is 5.75 Å². The summed E-state index contributed by atoms with van der Waals surface area (Å²) in [5.74, 6) is 0.647. The number of hydrogen-bond acceptors (Lipinski definition) is 5. The zero-order valence-corrected chi connectivity index (χ0v) is 14.1. The average Bonchev–Trinajstić information content (AvgIpc) is 3.25. The zero-order valence-electron chi connectivity index (χ0n) is 13.3. The molecule has 0 atom stereocenters. The van der Waals surface area contributed by atoms with E-state index in [1.165, 1.54) is 11.7 Å². The van der Waals surface area contributed by atoms with Crippen molar-refractivity contribution in [3.8, 4) is 5.75 Å². The second-order valence-corrected chi connectivity index (χ2v) is 6.40. The molecule has 0 unspecified atom stereocenters. The van der Waals surface area contributed by atoms with Gasteiger partial charge in [-0.05, 0) is 17.7 Å². The maximum absolute atomic E-state index is 13.4. The Hall–Kier alpha value is -2.88. The van der Waals surface area contributed by atoms with E-state index in [9.17, 15) is 18.0 Å². The summed E-state index contributed by atoms with van der Waals surface area (Å²) < 4.78 is 47.4. The quantitative estimate of drug-likeness (QED) is 0.548. The molecule has 4 rings (SSSR count). The molecule has 26 heavy (non-hydrogen) atoms. The molecular formula is C16H11F3N4O2S. The Morgan fingerprint density at radius 2 is 1.96 bits per heavy atom. The van der Waals surface area contributed by atoms with Gasteiger partial charge in [0.25, 0.3) is 0 Å². The van der Waals surface area contributed by atoms with Crippen molar-refractivity contribution in [3.63, 3.8) is 0 Å². The van der Waals surface area contributed by atoms with Crippen LogP contribution >= 0.6 is 11.3 Å². The minimum atomic E-state index is -4.55. The van der Waals surface area contributed by atoms with E-state index in [0.717, 1.165) is 33.1 Å². The van der Waals surface area contributed by atoms with Crippen molar-refractivity contribution in [1.82, 2.24) is 19.2 Å². The maximum Gasteiger partial charge on any atom is 0.418 e. The lowest BCUT2D eigenvalue weighted by Gasteiger charge is -2.10. The summed E-state index contributed by atoms with van der Waals surface area (Å²) in [6.45, 7) is 0.104. The van der Waals surface area contributed by atoms with Gasteiger partial charge in [0, 0.05) is 5.38 Å². The van der Waals surface area contributed by atoms with Gasteiger partial charge in [0.1, 0.15) is 16.9 Å². The first-order chi connectivity index (χ1) is 12.4. The molecule has 4 aromatic rings. The van der Waals surface area contributed by atoms with Crippen LogP contribution in [-0.2, 0) is 12.7 Å². The fourth-order valence-corrected chi connectivity index (χ4v) is 3.85. The van der Waals surface area contributed by atoms with E-state index in [2.05, 4.69) is 10.1 Å². The molecule has 3 aromatic heterocycles. The number of thiophene rings is 1. The van der Waals surface area contributed by atoms with Crippen LogP contribution in [0.1, 0.15) is 11.1 Å². The third kappa shape index (κ3) is 2.53. The Balaban J connectivity index is 1.97. The van der Waals surface area contributed by atoms with Crippen molar-refractivity contribution in [1.29, 1.82) is 0 Å². The Morgan fingerprint density at radius 1 is 1.23 bits per heavy atom. The van der Waals surface area contributed by atoms with Crippen LogP contribution in [0.2, 0.25) is 0 Å². The van der Waals surface area contributed by atoms with Gasteiger partial charge < -0.3 is 4.74 Å². The number of ether oxygens (including phenoxy) is 1. The van der Waals surface area contributed by atoms with Crippen molar-refractivity contribution >= 4 is 27.2 Å². The van der Waals surface area contributed by atoms with Gasteiger partial charge >= 0.3 is 11.9 Å². The Kier molecular flexibility index (Phi) is 3.72. The lowest BCUT2D eigenvalue weighted by atomic mass is 10.2. The number of aromatic nitrogens is 4. The second-order valence-electron chi connectivity index (χ2n) is 5.54. The molecule has 6 nitrogen and oxygen atoms in total. The number of rotatable bonds is 3. The van der Waals surface area contributed by atoms with Crippen LogP contribution in [0.25, 0.3) is 15.9 Å². The molecule has 0 saturated heterocycles. The normalized spacial score (nSPS) is 12.2. The Morgan fingerprint density at radius 3 is 2.62 bits per heavy atom. The van der Waals surface area contributed by atoms with Crippen LogP contribution in [0.4, 0.5) is 13.2 Å². The molecule has 10 heteroatoms. The first-order valence-electron chi connectivity index (χ1n) is 7.44. The smallest absolute Gasteiger partial charge is 0.418 e. The van der Waals surface area contributed by atoms with Crippen LogP contribution in [0, 0.1) is 0 Å². The summed E-state index contributed by atoms with van der Waals surface area (Å²) >= 11 is 0.864. The monoisotopic (exact) mass is 380 g/mol. The average molecular weight is 380 g/mol. The summed E-state index contributed by atoms with van der Waals surface area (Å²) in [6, 6.07) is 6.95. The van der Waals surface area contributed by atoms with Crippen molar-refractivity contribution in [2.75, 3.05) is 7.11 Å². The number of methoxy groups -OCH3 is 1. The molecule has 0 radical (unpaired) electrons. The molecule has 0 N–H and O–H groups in total. The summed E-state index contributed by atoms with van der Waals surface area (Å²) in [5, 5.41) is 4.68. The highest BCUT2D eigenvalue weighted by Crippen LogP contribution is 2.39. The highest BCUT2D eigenvalue weighted by molar-refractivity contribution is 7.17. The number of nitrogens with zero attached hydrogens (tertiary/aromatic N) is 4. The number of benzene rings is 1. The van der Waals surface area contributed by atoms with Gasteiger partial charge in [-0.25, -0.2) is 9.78 Å². The third-order valence-electron chi connectivity index (χ3n) is 4.01. The third-order valence-corrected chi connectivity index (χ3v) is 5.01. The van der Waals surface area contributed by atoms with Gasteiger partial charge in [0.05, 0.1) is 24.6 Å². The first-order valence-corrected chi connectivity index (χ1v) is 8.32. The van der Waals surface area contributed by atoms with Gasteiger partial charge in [-0.2, -0.15) is 22.8 Å². The number of alkyl halides is 3. The Bertz CT molecular complexity index is 1160. The fraction of sp³-hybridized carbons (Fsp3) is 0.188. The number of halogens is 3. The molecule has 3 heterocycles. The summed E-state index contributed by atoms with van der Waals surface area (Å²) in [7, 11) is 1.53. The molecule has 0 saturated carbocycles. The largest absolute Gasteiger partial charge is 0.497 e. The lowest BCUT2D eigenvalue weighted by Crippen LogP contribution is -2.28. The molecule has 0 spiro atoms. The maximum atomic E-state index is 13.4. The predicted molar refractivity (Wildman–Crippen MR) is 89.7 cm³/mol. The van der Waals surface area contributed by atoms with Crippen LogP contribution < -0.4 is 10.4 Å². The van der Waals surface area contributed by atoms with E-state index in [1.807, 2.05) is 0 Å². The van der Waals surface area contributed by atoms with Crippen LogP contribution in [0.15, 0.2) is 40.8 Å². The topological polar surface area (TPSA) is 61.4 Å². The fourth-order valence-electron chi connectivity index (χ4n) is 2.78. The number of hydrogen-bond donors (Lipinski definition) is 0.